The number of carbonyl (C=O) groups is 1. The van der Waals surface area contributed by atoms with Crippen LogP contribution in [0, 0.1) is 0 Å². The Bertz CT molecular complexity index is 864. The highest BCUT2D eigenvalue weighted by Crippen LogP contribution is 2.24. The largest absolute Gasteiger partial charge is 0.402 e. The van der Waals surface area contributed by atoms with Crippen molar-refractivity contribution >= 4 is 17.9 Å². The zero-order chi connectivity index (χ0) is 18.9. The fourth-order valence-electron chi connectivity index (χ4n) is 2.78. The van der Waals surface area contributed by atoms with Gasteiger partial charge in [-0.05, 0) is 46.2 Å². The molecule has 2 aromatic carbocycles. The van der Waals surface area contributed by atoms with Gasteiger partial charge in [0, 0.05) is 5.56 Å². The molecule has 0 N–H and O–H groups in total. The molecule has 1 aliphatic heterocycles. The molecule has 3 heteroatoms. The topological polar surface area (TPSA) is 38.7 Å². The Labute approximate surface area is 155 Å². The van der Waals surface area contributed by atoms with E-state index in [1.54, 1.807) is 6.08 Å². The minimum Gasteiger partial charge on any atom is -0.402 e. The van der Waals surface area contributed by atoms with Gasteiger partial charge in [-0.3, -0.25) is 0 Å². The van der Waals surface area contributed by atoms with E-state index < -0.39 is 5.97 Å². The van der Waals surface area contributed by atoms with Gasteiger partial charge in [-0.25, -0.2) is 9.79 Å². The Hall–Kier alpha value is -2.68. The molecule has 3 rings (SSSR count). The lowest BCUT2D eigenvalue weighted by Gasteiger charge is -2.18. The molecule has 0 atom stereocenters. The molecule has 0 fully saturated rings. The van der Waals surface area contributed by atoms with Crippen molar-refractivity contribution in [2.24, 2.45) is 4.99 Å². The molecule has 0 radical (unpaired) electrons. The molecule has 3 nitrogen and oxygen atoms in total. The smallest absolute Gasteiger partial charge is 0.363 e. The number of esters is 1. The minimum absolute atomic E-state index is 0.0832. The Balaban J connectivity index is 1.84. The predicted molar refractivity (Wildman–Crippen MR) is 106 cm³/mol. The quantitative estimate of drug-likeness (QED) is 0.547. The van der Waals surface area contributed by atoms with Gasteiger partial charge in [-0.1, -0.05) is 71.0 Å². The van der Waals surface area contributed by atoms with Crippen LogP contribution in [-0.4, -0.2) is 11.9 Å². The first-order valence-electron chi connectivity index (χ1n) is 8.97. The van der Waals surface area contributed by atoms with Crippen LogP contribution in [0.2, 0.25) is 0 Å². The van der Waals surface area contributed by atoms with Gasteiger partial charge in [0.05, 0.1) is 0 Å². The second-order valence-corrected chi connectivity index (χ2v) is 7.98. The molecule has 26 heavy (non-hydrogen) atoms. The molecule has 134 valence electrons. The first-order valence-corrected chi connectivity index (χ1v) is 8.97. The summed E-state index contributed by atoms with van der Waals surface area (Å²) in [7, 11) is 0. The summed E-state index contributed by atoms with van der Waals surface area (Å²) in [6.07, 6.45) is 1.77. The first-order chi connectivity index (χ1) is 12.2. The molecule has 1 heterocycles. The fraction of sp³-hybridized carbons (Fsp3) is 0.304. The summed E-state index contributed by atoms with van der Waals surface area (Å²) in [5.74, 6) is 0.433. The van der Waals surface area contributed by atoms with Crippen molar-refractivity contribution in [3.8, 4) is 0 Å². The Morgan fingerprint density at radius 1 is 0.962 bits per heavy atom. The summed E-state index contributed by atoms with van der Waals surface area (Å²) < 4.78 is 5.36. The molecule has 0 amide bonds. The summed E-state index contributed by atoms with van der Waals surface area (Å²) >= 11 is 0. The molecule has 2 aromatic rings. The highest BCUT2D eigenvalue weighted by molar-refractivity contribution is 6.12. The summed E-state index contributed by atoms with van der Waals surface area (Å²) in [4.78, 5) is 16.5. The van der Waals surface area contributed by atoms with Crippen LogP contribution in [0.3, 0.4) is 0 Å². The number of rotatable bonds is 3. The Kier molecular flexibility index (Phi) is 4.82. The zero-order valence-corrected chi connectivity index (χ0v) is 16.0. The predicted octanol–water partition coefficient (Wildman–Crippen LogP) is 5.45. The van der Waals surface area contributed by atoms with Crippen LogP contribution in [-0.2, 0) is 14.9 Å². The van der Waals surface area contributed by atoms with Crippen LogP contribution in [0.4, 0.5) is 0 Å². The average molecular weight is 347 g/mol. The van der Waals surface area contributed by atoms with Crippen LogP contribution in [0.25, 0.3) is 6.08 Å². The van der Waals surface area contributed by atoms with E-state index in [-0.39, 0.29) is 5.41 Å². The molecule has 0 aromatic heterocycles. The van der Waals surface area contributed by atoms with Crippen molar-refractivity contribution in [1.82, 2.24) is 0 Å². The van der Waals surface area contributed by atoms with E-state index >= 15 is 0 Å². The molecular weight excluding hydrogens is 322 g/mol. The highest BCUT2D eigenvalue weighted by Gasteiger charge is 2.24. The number of hydrogen-bond acceptors (Lipinski definition) is 3. The lowest BCUT2D eigenvalue weighted by atomic mass is 9.87. The summed E-state index contributed by atoms with van der Waals surface area (Å²) in [6.45, 7) is 10.8. The van der Waals surface area contributed by atoms with E-state index in [0.717, 1.165) is 11.1 Å². The van der Waals surface area contributed by atoms with Crippen molar-refractivity contribution in [3.63, 3.8) is 0 Å². The van der Waals surface area contributed by atoms with E-state index in [1.165, 1.54) is 11.1 Å². The Morgan fingerprint density at radius 3 is 2.12 bits per heavy atom. The third-order valence-electron chi connectivity index (χ3n) is 4.52. The van der Waals surface area contributed by atoms with Crippen LogP contribution >= 0.6 is 0 Å². The molecule has 0 aliphatic carbocycles. The SMILES string of the molecule is CC(C)c1ccc(C=C2N=C(c3ccc(C(C)(C)C)cc3)OC2=O)cc1. The average Bonchev–Trinajstić information content (AvgIpc) is 2.95. The zero-order valence-electron chi connectivity index (χ0n) is 16.0. The standard InChI is InChI=1S/C23H25NO2/c1-15(2)17-8-6-16(7-9-17)14-20-22(25)26-21(24-20)18-10-12-19(13-11-18)23(3,4)5/h6-15H,1-5H3. The van der Waals surface area contributed by atoms with Crippen LogP contribution in [0.5, 0.6) is 0 Å². The van der Waals surface area contributed by atoms with Crippen molar-refractivity contribution in [1.29, 1.82) is 0 Å². The summed E-state index contributed by atoms with van der Waals surface area (Å²) in [6, 6.07) is 16.2. The molecule has 0 saturated heterocycles. The van der Waals surface area contributed by atoms with Crippen LogP contribution in [0.15, 0.2) is 59.2 Å². The van der Waals surface area contributed by atoms with Crippen molar-refractivity contribution in [2.45, 2.75) is 46.0 Å². The maximum atomic E-state index is 12.2. The fourth-order valence-corrected chi connectivity index (χ4v) is 2.78. The van der Waals surface area contributed by atoms with Gasteiger partial charge < -0.3 is 4.74 Å². The van der Waals surface area contributed by atoms with Gasteiger partial charge in [0.25, 0.3) is 0 Å². The Morgan fingerprint density at radius 2 is 1.58 bits per heavy atom. The van der Waals surface area contributed by atoms with Gasteiger partial charge in [0.1, 0.15) is 0 Å². The highest BCUT2D eigenvalue weighted by atomic mass is 16.6. The van der Waals surface area contributed by atoms with Gasteiger partial charge in [0.2, 0.25) is 5.90 Å². The van der Waals surface area contributed by atoms with Gasteiger partial charge >= 0.3 is 5.97 Å². The summed E-state index contributed by atoms with van der Waals surface area (Å²) in [5.41, 5.74) is 4.66. The maximum Gasteiger partial charge on any atom is 0.363 e. The molecule has 0 spiro atoms. The van der Waals surface area contributed by atoms with Crippen molar-refractivity contribution in [3.05, 3.63) is 76.5 Å². The molecule has 0 saturated carbocycles. The number of hydrogen-bond donors (Lipinski definition) is 0. The van der Waals surface area contributed by atoms with Crippen LogP contribution < -0.4 is 0 Å². The number of nitrogens with zero attached hydrogens (tertiary/aromatic N) is 1. The monoisotopic (exact) mass is 347 g/mol. The van der Waals surface area contributed by atoms with E-state index in [4.69, 9.17) is 4.74 Å². The number of carbonyl (C=O) groups excluding carboxylic acids is 1. The third kappa shape index (κ3) is 3.93. The first kappa shape index (κ1) is 18.1. The van der Waals surface area contributed by atoms with E-state index in [9.17, 15) is 4.79 Å². The van der Waals surface area contributed by atoms with Gasteiger partial charge in [-0.2, -0.15) is 0 Å². The number of cyclic esters (lactones) is 1. The van der Waals surface area contributed by atoms with Gasteiger partial charge in [-0.15, -0.1) is 0 Å². The molecular formula is C23H25NO2. The molecule has 0 bridgehead atoms. The molecule has 0 unspecified atom stereocenters. The number of aliphatic imine (C=N–C) groups is 1. The second kappa shape index (κ2) is 6.91. The molecule has 1 aliphatic rings. The van der Waals surface area contributed by atoms with E-state index in [2.05, 4.69) is 63.9 Å². The van der Waals surface area contributed by atoms with E-state index in [1.807, 2.05) is 24.3 Å². The van der Waals surface area contributed by atoms with Gasteiger partial charge in [0.15, 0.2) is 5.70 Å². The summed E-state index contributed by atoms with van der Waals surface area (Å²) in [5, 5.41) is 0. The lowest BCUT2D eigenvalue weighted by molar-refractivity contribution is -0.129. The number of benzene rings is 2. The van der Waals surface area contributed by atoms with Crippen LogP contribution in [0.1, 0.15) is 62.8 Å². The van der Waals surface area contributed by atoms with E-state index in [0.29, 0.717) is 17.5 Å². The minimum atomic E-state index is -0.409. The van der Waals surface area contributed by atoms with Crippen molar-refractivity contribution < 1.29 is 9.53 Å². The van der Waals surface area contributed by atoms with Crippen molar-refractivity contribution in [2.75, 3.05) is 0 Å². The second-order valence-electron chi connectivity index (χ2n) is 7.98. The normalized spacial score (nSPS) is 16.2. The maximum absolute atomic E-state index is 12.2. The third-order valence-corrected chi connectivity index (χ3v) is 4.52. The number of ether oxygens (including phenoxy) is 1. The lowest BCUT2D eigenvalue weighted by Crippen LogP contribution is -2.11.